The number of rotatable bonds is 5. The fraction of sp³-hybridized carbons (Fsp3) is 0.647. The van der Waals surface area contributed by atoms with Gasteiger partial charge in [0.15, 0.2) is 0 Å². The van der Waals surface area contributed by atoms with Crippen LogP contribution in [0.25, 0.3) is 0 Å². The van der Waals surface area contributed by atoms with Gasteiger partial charge in [0.2, 0.25) is 0 Å². The van der Waals surface area contributed by atoms with E-state index in [1.54, 1.807) is 0 Å². The quantitative estimate of drug-likeness (QED) is 0.900. The Kier molecular flexibility index (Phi) is 4.72. The van der Waals surface area contributed by atoms with Crippen LogP contribution in [0.5, 0.6) is 5.75 Å². The molecule has 1 aliphatic carbocycles. The Bertz CT molecular complexity index is 458. The van der Waals surface area contributed by atoms with Crippen LogP contribution in [0.2, 0.25) is 5.02 Å². The summed E-state index contributed by atoms with van der Waals surface area (Å²) in [4.78, 5) is 0. The van der Waals surface area contributed by atoms with E-state index in [0.717, 1.165) is 23.8 Å². The normalized spacial score (nSPS) is 25.3. The van der Waals surface area contributed by atoms with Crippen LogP contribution < -0.4 is 10.1 Å². The maximum absolute atomic E-state index is 6.02. The molecule has 1 N–H and O–H groups in total. The van der Waals surface area contributed by atoms with E-state index in [-0.39, 0.29) is 5.60 Å². The minimum atomic E-state index is 0.193. The summed E-state index contributed by atoms with van der Waals surface area (Å²) < 4.78 is 11.9. The maximum Gasteiger partial charge on any atom is 0.119 e. The van der Waals surface area contributed by atoms with Gasteiger partial charge in [-0.15, -0.1) is 0 Å². The third-order valence-electron chi connectivity index (χ3n) is 4.98. The Morgan fingerprint density at radius 1 is 1.38 bits per heavy atom. The lowest BCUT2D eigenvalue weighted by Crippen LogP contribution is -2.51. The van der Waals surface area contributed by atoms with Crippen LogP contribution in [0.3, 0.4) is 0 Å². The molecule has 1 aliphatic heterocycles. The molecular formula is C17H24ClNO2. The van der Waals surface area contributed by atoms with Crippen LogP contribution >= 0.6 is 11.6 Å². The zero-order valence-electron chi connectivity index (χ0n) is 12.6. The minimum absolute atomic E-state index is 0.193. The lowest BCUT2D eigenvalue weighted by atomic mass is 9.70. The molecule has 116 valence electrons. The van der Waals surface area contributed by atoms with Crippen molar-refractivity contribution in [2.75, 3.05) is 20.3 Å². The molecule has 2 atom stereocenters. The summed E-state index contributed by atoms with van der Waals surface area (Å²) in [6, 6.07) is 7.95. The molecule has 3 rings (SSSR count). The van der Waals surface area contributed by atoms with Gasteiger partial charge in [-0.3, -0.25) is 0 Å². The number of likely N-dealkylation sites (N-methyl/N-ethyl adjacent to an activating group) is 1. The molecule has 1 saturated heterocycles. The third kappa shape index (κ3) is 3.53. The third-order valence-corrected chi connectivity index (χ3v) is 5.23. The maximum atomic E-state index is 6.02. The van der Waals surface area contributed by atoms with Gasteiger partial charge >= 0.3 is 0 Å². The summed E-state index contributed by atoms with van der Waals surface area (Å²) in [6.45, 7) is 1.59. The van der Waals surface area contributed by atoms with Crippen LogP contribution in [0.1, 0.15) is 32.1 Å². The van der Waals surface area contributed by atoms with E-state index in [4.69, 9.17) is 21.1 Å². The van der Waals surface area contributed by atoms with E-state index in [2.05, 4.69) is 5.32 Å². The van der Waals surface area contributed by atoms with Gasteiger partial charge in [0.05, 0.1) is 5.60 Å². The van der Waals surface area contributed by atoms with Gasteiger partial charge in [-0.2, -0.15) is 0 Å². The van der Waals surface area contributed by atoms with Crippen molar-refractivity contribution >= 4 is 11.6 Å². The highest BCUT2D eigenvalue weighted by atomic mass is 35.5. The van der Waals surface area contributed by atoms with Gasteiger partial charge in [0.25, 0.3) is 0 Å². The van der Waals surface area contributed by atoms with Crippen LogP contribution in [0.4, 0.5) is 0 Å². The molecule has 2 fully saturated rings. The molecule has 4 heteroatoms. The van der Waals surface area contributed by atoms with Crippen molar-refractivity contribution in [3.05, 3.63) is 29.3 Å². The number of halogens is 1. The average Bonchev–Trinajstić information content (AvgIpc) is 2.48. The predicted molar refractivity (Wildman–Crippen MR) is 85.1 cm³/mol. The first kappa shape index (κ1) is 15.1. The van der Waals surface area contributed by atoms with Crippen molar-refractivity contribution in [3.63, 3.8) is 0 Å². The highest BCUT2D eigenvalue weighted by molar-refractivity contribution is 6.30. The zero-order valence-corrected chi connectivity index (χ0v) is 13.4. The fourth-order valence-corrected chi connectivity index (χ4v) is 3.63. The lowest BCUT2D eigenvalue weighted by Gasteiger charge is -2.48. The van der Waals surface area contributed by atoms with Crippen molar-refractivity contribution in [2.24, 2.45) is 5.92 Å². The van der Waals surface area contributed by atoms with Crippen LogP contribution in [-0.4, -0.2) is 31.9 Å². The van der Waals surface area contributed by atoms with E-state index in [0.29, 0.717) is 18.6 Å². The van der Waals surface area contributed by atoms with Crippen LogP contribution in [0.15, 0.2) is 24.3 Å². The Hall–Kier alpha value is -0.770. The molecule has 1 saturated carbocycles. The number of hydrogen-bond donors (Lipinski definition) is 1. The molecule has 1 aromatic rings. The minimum Gasteiger partial charge on any atom is -0.492 e. The average molecular weight is 310 g/mol. The summed E-state index contributed by atoms with van der Waals surface area (Å²) in [5.41, 5.74) is 0.193. The molecule has 0 radical (unpaired) electrons. The molecule has 0 amide bonds. The molecule has 0 aromatic heterocycles. The molecule has 1 spiro atoms. The molecule has 2 unspecified atom stereocenters. The predicted octanol–water partition coefficient (Wildman–Crippen LogP) is 3.66. The van der Waals surface area contributed by atoms with Gasteiger partial charge in [-0.05, 0) is 69.3 Å². The first-order valence-corrected chi connectivity index (χ1v) is 8.28. The summed E-state index contributed by atoms with van der Waals surface area (Å²) in [7, 11) is 2.03. The van der Waals surface area contributed by atoms with Crippen molar-refractivity contribution in [1.29, 1.82) is 0 Å². The summed E-state index contributed by atoms with van der Waals surface area (Å²) >= 11 is 5.90. The van der Waals surface area contributed by atoms with Gasteiger partial charge in [0.1, 0.15) is 12.4 Å². The number of nitrogens with one attached hydrogen (secondary N) is 1. The van der Waals surface area contributed by atoms with Crippen molar-refractivity contribution < 1.29 is 9.47 Å². The highest BCUT2D eigenvalue weighted by Gasteiger charge is 2.44. The second-order valence-corrected chi connectivity index (χ2v) is 6.73. The zero-order chi connectivity index (χ0) is 14.7. The van der Waals surface area contributed by atoms with E-state index in [1.165, 1.54) is 25.7 Å². The summed E-state index contributed by atoms with van der Waals surface area (Å²) in [5, 5.41) is 4.17. The monoisotopic (exact) mass is 309 g/mol. The van der Waals surface area contributed by atoms with Crippen molar-refractivity contribution in [2.45, 2.75) is 43.7 Å². The number of hydrogen-bond acceptors (Lipinski definition) is 3. The SMILES string of the molecule is CNC(COc1ccc(Cl)cc1)C1CCOC2(CCC2)C1. The second-order valence-electron chi connectivity index (χ2n) is 6.30. The smallest absolute Gasteiger partial charge is 0.119 e. The van der Waals surface area contributed by atoms with Gasteiger partial charge in [-0.1, -0.05) is 11.6 Å². The Balaban J connectivity index is 1.55. The Morgan fingerprint density at radius 3 is 2.76 bits per heavy atom. The Labute approximate surface area is 132 Å². The molecule has 21 heavy (non-hydrogen) atoms. The van der Waals surface area contributed by atoms with Gasteiger partial charge < -0.3 is 14.8 Å². The molecule has 1 aromatic carbocycles. The second kappa shape index (κ2) is 6.55. The standard InChI is InChI=1S/C17H24ClNO2/c1-19-16(12-20-15-5-3-14(18)4-6-15)13-7-10-21-17(11-13)8-2-9-17/h3-6,13,16,19H,2,7-12H2,1H3. The molecule has 1 heterocycles. The first-order valence-electron chi connectivity index (χ1n) is 7.90. The van der Waals surface area contributed by atoms with E-state index >= 15 is 0 Å². The molecule has 2 aliphatic rings. The van der Waals surface area contributed by atoms with E-state index in [1.807, 2.05) is 31.3 Å². The summed E-state index contributed by atoms with van der Waals surface area (Å²) in [5.74, 6) is 1.52. The highest BCUT2D eigenvalue weighted by Crippen LogP contribution is 2.45. The largest absolute Gasteiger partial charge is 0.492 e. The van der Waals surface area contributed by atoms with Crippen LogP contribution in [-0.2, 0) is 4.74 Å². The topological polar surface area (TPSA) is 30.5 Å². The van der Waals surface area contributed by atoms with Gasteiger partial charge in [-0.25, -0.2) is 0 Å². The summed E-state index contributed by atoms with van der Waals surface area (Å²) in [6.07, 6.45) is 6.08. The van der Waals surface area contributed by atoms with Crippen molar-refractivity contribution in [3.8, 4) is 5.75 Å². The van der Waals surface area contributed by atoms with E-state index < -0.39 is 0 Å². The van der Waals surface area contributed by atoms with Crippen LogP contribution in [0, 0.1) is 5.92 Å². The van der Waals surface area contributed by atoms with Gasteiger partial charge in [0, 0.05) is 17.7 Å². The molecule has 3 nitrogen and oxygen atoms in total. The molecular weight excluding hydrogens is 286 g/mol. The fourth-order valence-electron chi connectivity index (χ4n) is 3.50. The lowest BCUT2D eigenvalue weighted by molar-refractivity contribution is -0.147. The van der Waals surface area contributed by atoms with E-state index in [9.17, 15) is 0 Å². The Morgan fingerprint density at radius 2 is 2.14 bits per heavy atom. The number of ether oxygens (including phenoxy) is 2. The van der Waals surface area contributed by atoms with Crippen molar-refractivity contribution in [1.82, 2.24) is 5.32 Å². The first-order chi connectivity index (χ1) is 10.2. The molecule has 0 bridgehead atoms. The number of benzene rings is 1.